The average molecular weight is 499 g/mol. The van der Waals surface area contributed by atoms with Gasteiger partial charge in [-0.2, -0.15) is 0 Å². The van der Waals surface area contributed by atoms with E-state index in [0.717, 1.165) is 22.6 Å². The quantitative estimate of drug-likeness (QED) is 0.235. The van der Waals surface area contributed by atoms with Crippen molar-refractivity contribution in [3.8, 4) is 11.5 Å². The van der Waals surface area contributed by atoms with Crippen LogP contribution in [-0.2, 0) is 9.59 Å². The van der Waals surface area contributed by atoms with Crippen molar-refractivity contribution in [2.75, 3.05) is 18.1 Å². The summed E-state index contributed by atoms with van der Waals surface area (Å²) in [4.78, 5) is 38.7. The molecule has 4 amide bonds. The van der Waals surface area contributed by atoms with Crippen LogP contribution in [-0.4, -0.2) is 31.1 Å². The van der Waals surface area contributed by atoms with Gasteiger partial charge in [-0.05, 0) is 72.9 Å². The number of carbonyl (C=O) groups excluding carboxylic acids is 3. The lowest BCUT2D eigenvalue weighted by atomic mass is 9.99. The summed E-state index contributed by atoms with van der Waals surface area (Å²) < 4.78 is 11.5. The molecular weight excluding hydrogens is 468 g/mol. The topological polar surface area (TPSA) is 84.9 Å². The highest BCUT2D eigenvalue weighted by molar-refractivity contribution is 6.39. The molecule has 0 aromatic heterocycles. The van der Waals surface area contributed by atoms with E-state index in [2.05, 4.69) is 31.3 Å². The summed E-state index contributed by atoms with van der Waals surface area (Å²) in [6.07, 6.45) is 2.56. The summed E-state index contributed by atoms with van der Waals surface area (Å²) in [7, 11) is 0. The molecule has 190 valence electrons. The molecule has 0 radical (unpaired) electrons. The molecule has 4 rings (SSSR count). The van der Waals surface area contributed by atoms with Gasteiger partial charge in [-0.15, -0.1) is 0 Å². The third-order valence-electron chi connectivity index (χ3n) is 6.27. The van der Waals surface area contributed by atoms with Crippen molar-refractivity contribution >= 4 is 29.6 Å². The maximum atomic E-state index is 13.0. The smallest absolute Gasteiger partial charge is 0.335 e. The van der Waals surface area contributed by atoms with Crippen LogP contribution >= 0.6 is 0 Å². The van der Waals surface area contributed by atoms with Gasteiger partial charge >= 0.3 is 6.03 Å². The Labute approximate surface area is 216 Å². The van der Waals surface area contributed by atoms with Crippen molar-refractivity contribution in [3.63, 3.8) is 0 Å². The van der Waals surface area contributed by atoms with Gasteiger partial charge < -0.3 is 9.47 Å². The Hall–Kier alpha value is -4.39. The SMILES string of the molecule is CCC(C)c1ccc(OCCOc2ccc(/C=C3/C(=O)NC(=O)N(c4ccc(C)cc4)C3=O)cc2)cc1. The van der Waals surface area contributed by atoms with Gasteiger partial charge in [0.1, 0.15) is 30.3 Å². The molecule has 0 saturated carbocycles. The third-order valence-corrected chi connectivity index (χ3v) is 6.27. The minimum Gasteiger partial charge on any atom is -0.490 e. The second kappa shape index (κ2) is 11.6. The zero-order valence-corrected chi connectivity index (χ0v) is 21.2. The number of nitrogens with zero attached hydrogens (tertiary/aromatic N) is 1. The summed E-state index contributed by atoms with van der Waals surface area (Å²) in [6.45, 7) is 7.04. The number of anilines is 1. The highest BCUT2D eigenvalue weighted by atomic mass is 16.5. The second-order valence-corrected chi connectivity index (χ2v) is 8.94. The minimum absolute atomic E-state index is 0.124. The van der Waals surface area contributed by atoms with Crippen LogP contribution in [0.15, 0.2) is 78.4 Å². The summed E-state index contributed by atoms with van der Waals surface area (Å²) in [6, 6.07) is 21.3. The van der Waals surface area contributed by atoms with Crippen LogP contribution in [0.4, 0.5) is 10.5 Å². The van der Waals surface area contributed by atoms with Gasteiger partial charge in [0.2, 0.25) is 0 Å². The number of aryl methyl sites for hydroxylation is 1. The standard InChI is InChI=1S/C30H30N2O5/c1-4-21(3)23-9-15-26(16-10-23)37-18-17-36-25-13-7-22(8-14-25)19-27-28(33)31-30(35)32(29(27)34)24-11-5-20(2)6-12-24/h5-16,19,21H,4,17-18H2,1-3H3,(H,31,33,35)/b27-19-. The van der Waals surface area contributed by atoms with Crippen LogP contribution < -0.4 is 19.7 Å². The molecule has 1 N–H and O–H groups in total. The first kappa shape index (κ1) is 25.7. The number of ether oxygens (including phenoxy) is 2. The molecule has 1 unspecified atom stereocenters. The number of hydrogen-bond acceptors (Lipinski definition) is 5. The average Bonchev–Trinajstić information content (AvgIpc) is 2.90. The first-order valence-corrected chi connectivity index (χ1v) is 12.3. The highest BCUT2D eigenvalue weighted by Crippen LogP contribution is 2.24. The van der Waals surface area contributed by atoms with Crippen LogP contribution in [0.3, 0.4) is 0 Å². The van der Waals surface area contributed by atoms with E-state index in [4.69, 9.17) is 9.47 Å². The lowest BCUT2D eigenvalue weighted by Gasteiger charge is -2.26. The van der Waals surface area contributed by atoms with E-state index < -0.39 is 17.8 Å². The van der Waals surface area contributed by atoms with E-state index in [9.17, 15) is 14.4 Å². The molecule has 3 aromatic carbocycles. The molecule has 7 nitrogen and oxygen atoms in total. The van der Waals surface area contributed by atoms with E-state index in [1.807, 2.05) is 19.1 Å². The van der Waals surface area contributed by atoms with Crippen LogP contribution in [0.1, 0.15) is 42.9 Å². The third kappa shape index (κ3) is 6.25. The number of rotatable bonds is 9. The Morgan fingerprint density at radius 1 is 0.838 bits per heavy atom. The molecule has 1 heterocycles. The Kier molecular flexibility index (Phi) is 8.03. The monoisotopic (exact) mass is 498 g/mol. The molecule has 1 fully saturated rings. The van der Waals surface area contributed by atoms with Gasteiger partial charge in [0.25, 0.3) is 11.8 Å². The number of carbonyl (C=O) groups is 3. The Morgan fingerprint density at radius 2 is 1.41 bits per heavy atom. The summed E-state index contributed by atoms with van der Waals surface area (Å²) in [5, 5.41) is 2.23. The van der Waals surface area contributed by atoms with Crippen molar-refractivity contribution in [2.24, 2.45) is 0 Å². The van der Waals surface area contributed by atoms with Gasteiger partial charge in [0.05, 0.1) is 5.69 Å². The van der Waals surface area contributed by atoms with Gasteiger partial charge in [0.15, 0.2) is 0 Å². The highest BCUT2D eigenvalue weighted by Gasteiger charge is 2.36. The van der Waals surface area contributed by atoms with Crippen LogP contribution in [0, 0.1) is 6.92 Å². The molecule has 3 aromatic rings. The number of benzene rings is 3. The normalized spacial score (nSPS) is 15.5. The van der Waals surface area contributed by atoms with Crippen molar-refractivity contribution in [3.05, 3.63) is 95.1 Å². The van der Waals surface area contributed by atoms with Gasteiger partial charge in [-0.3, -0.25) is 14.9 Å². The molecule has 0 aliphatic carbocycles. The van der Waals surface area contributed by atoms with E-state index in [0.29, 0.717) is 36.1 Å². The first-order chi connectivity index (χ1) is 17.9. The lowest BCUT2D eigenvalue weighted by Crippen LogP contribution is -2.54. The maximum absolute atomic E-state index is 13.0. The summed E-state index contributed by atoms with van der Waals surface area (Å²) in [5.74, 6) is 0.552. The number of hydrogen-bond donors (Lipinski definition) is 1. The number of urea groups is 1. The number of barbiturate groups is 1. The number of amides is 4. The maximum Gasteiger partial charge on any atom is 0.335 e. The fraction of sp³-hybridized carbons (Fsp3) is 0.233. The predicted molar refractivity (Wildman–Crippen MR) is 143 cm³/mol. The van der Waals surface area contributed by atoms with Gasteiger partial charge in [-0.25, -0.2) is 9.69 Å². The zero-order valence-electron chi connectivity index (χ0n) is 21.2. The van der Waals surface area contributed by atoms with E-state index in [1.54, 1.807) is 48.5 Å². The van der Waals surface area contributed by atoms with Crippen LogP contribution in [0.2, 0.25) is 0 Å². The molecular formula is C30H30N2O5. The molecule has 37 heavy (non-hydrogen) atoms. The second-order valence-electron chi connectivity index (χ2n) is 8.94. The Bertz CT molecular complexity index is 1300. The summed E-state index contributed by atoms with van der Waals surface area (Å²) in [5.41, 5.74) is 3.18. The number of imide groups is 2. The fourth-order valence-corrected chi connectivity index (χ4v) is 3.86. The zero-order chi connectivity index (χ0) is 26.4. The molecule has 0 spiro atoms. The van der Waals surface area contributed by atoms with E-state index >= 15 is 0 Å². The van der Waals surface area contributed by atoms with Crippen molar-refractivity contribution < 1.29 is 23.9 Å². The molecule has 7 heteroatoms. The van der Waals surface area contributed by atoms with E-state index in [1.165, 1.54) is 11.6 Å². The minimum atomic E-state index is -0.770. The molecule has 1 atom stereocenters. The van der Waals surface area contributed by atoms with Crippen LogP contribution in [0.5, 0.6) is 11.5 Å². The van der Waals surface area contributed by atoms with Gasteiger partial charge in [-0.1, -0.05) is 55.8 Å². The first-order valence-electron chi connectivity index (χ1n) is 12.3. The van der Waals surface area contributed by atoms with Gasteiger partial charge in [0, 0.05) is 0 Å². The van der Waals surface area contributed by atoms with Crippen molar-refractivity contribution in [2.45, 2.75) is 33.1 Å². The van der Waals surface area contributed by atoms with Crippen LogP contribution in [0.25, 0.3) is 6.08 Å². The lowest BCUT2D eigenvalue weighted by molar-refractivity contribution is -0.122. The predicted octanol–water partition coefficient (Wildman–Crippen LogP) is 5.63. The Morgan fingerprint density at radius 3 is 1.97 bits per heavy atom. The summed E-state index contributed by atoms with van der Waals surface area (Å²) >= 11 is 0. The molecule has 1 aliphatic heterocycles. The van der Waals surface area contributed by atoms with Crippen molar-refractivity contribution in [1.82, 2.24) is 5.32 Å². The van der Waals surface area contributed by atoms with Crippen molar-refractivity contribution in [1.29, 1.82) is 0 Å². The molecule has 1 saturated heterocycles. The largest absolute Gasteiger partial charge is 0.490 e. The molecule has 0 bridgehead atoms. The van der Waals surface area contributed by atoms with E-state index in [-0.39, 0.29) is 5.57 Å². The number of nitrogens with one attached hydrogen (secondary N) is 1. The Balaban J connectivity index is 1.34. The fourth-order valence-electron chi connectivity index (χ4n) is 3.86. The molecule has 1 aliphatic rings.